The zero-order valence-corrected chi connectivity index (χ0v) is 18.3. The van der Waals surface area contributed by atoms with Crippen LogP contribution in [0.4, 0.5) is 0 Å². The van der Waals surface area contributed by atoms with Crippen LogP contribution in [0.15, 0.2) is 78.9 Å². The molecular weight excluding hydrogens is 398 g/mol. The van der Waals surface area contributed by atoms with E-state index in [1.165, 1.54) is 16.8 Å². The number of methoxy groups -OCH3 is 1. The van der Waals surface area contributed by atoms with Gasteiger partial charge in [0, 0.05) is 42.9 Å². The second-order valence-corrected chi connectivity index (χ2v) is 8.09. The van der Waals surface area contributed by atoms with E-state index >= 15 is 0 Å². The minimum absolute atomic E-state index is 0.473. The fourth-order valence-corrected chi connectivity index (χ4v) is 4.29. The van der Waals surface area contributed by atoms with Crippen molar-refractivity contribution in [3.63, 3.8) is 0 Å². The van der Waals surface area contributed by atoms with Crippen molar-refractivity contribution in [1.29, 1.82) is 0 Å². The van der Waals surface area contributed by atoms with E-state index in [-0.39, 0.29) is 0 Å². The highest BCUT2D eigenvalue weighted by Crippen LogP contribution is 2.40. The normalized spacial score (nSPS) is 13.5. The van der Waals surface area contributed by atoms with Crippen molar-refractivity contribution in [2.45, 2.75) is 26.1 Å². The Kier molecular flexibility index (Phi) is 5.90. The summed E-state index contributed by atoms with van der Waals surface area (Å²) < 4.78 is 11.9. The van der Waals surface area contributed by atoms with Crippen LogP contribution >= 0.6 is 0 Å². The maximum Gasteiger partial charge on any atom is 0.171 e. The van der Waals surface area contributed by atoms with Crippen LogP contribution in [0.25, 0.3) is 11.3 Å². The largest absolute Gasteiger partial charge is 0.493 e. The van der Waals surface area contributed by atoms with Crippen LogP contribution in [-0.2, 0) is 26.1 Å². The van der Waals surface area contributed by atoms with Crippen molar-refractivity contribution in [1.82, 2.24) is 15.1 Å². The molecule has 1 N–H and O–H groups in total. The molecule has 5 heteroatoms. The number of nitrogens with zero attached hydrogens (tertiary/aromatic N) is 2. The Morgan fingerprint density at radius 3 is 2.41 bits per heavy atom. The fraction of sp³-hybridized carbons (Fsp3) is 0.222. The van der Waals surface area contributed by atoms with E-state index in [9.17, 15) is 0 Å². The number of rotatable bonds is 7. The maximum absolute atomic E-state index is 6.29. The van der Waals surface area contributed by atoms with Gasteiger partial charge in [-0.25, -0.2) is 0 Å². The highest BCUT2D eigenvalue weighted by atomic mass is 16.5. The van der Waals surface area contributed by atoms with E-state index in [1.54, 1.807) is 7.11 Å². The molecule has 0 saturated heterocycles. The summed E-state index contributed by atoms with van der Waals surface area (Å²) in [5.74, 6) is 1.44. The Hall–Kier alpha value is -3.57. The van der Waals surface area contributed by atoms with Gasteiger partial charge in [-0.3, -0.25) is 10.00 Å². The number of hydrogen-bond donors (Lipinski definition) is 1. The third-order valence-corrected chi connectivity index (χ3v) is 5.94. The van der Waals surface area contributed by atoms with Gasteiger partial charge in [0.2, 0.25) is 0 Å². The molecule has 4 aromatic rings. The number of hydrogen-bond acceptors (Lipinski definition) is 4. The van der Waals surface area contributed by atoms with E-state index in [0.717, 1.165) is 48.6 Å². The highest BCUT2D eigenvalue weighted by molar-refractivity contribution is 5.74. The van der Waals surface area contributed by atoms with Gasteiger partial charge in [-0.1, -0.05) is 66.7 Å². The smallest absolute Gasteiger partial charge is 0.171 e. The molecule has 162 valence electrons. The topological polar surface area (TPSA) is 50.4 Å². The molecule has 32 heavy (non-hydrogen) atoms. The van der Waals surface area contributed by atoms with E-state index in [1.807, 2.05) is 30.3 Å². The lowest BCUT2D eigenvalue weighted by Crippen LogP contribution is -2.30. The Bertz CT molecular complexity index is 1170. The second kappa shape index (κ2) is 9.28. The van der Waals surface area contributed by atoms with Crippen LogP contribution in [0.3, 0.4) is 0 Å². The van der Waals surface area contributed by atoms with E-state index in [4.69, 9.17) is 14.6 Å². The molecular formula is C27H27N3O2. The standard InChI is InChI=1S/C27H27N3O2/c1-31-25-14-8-13-22(27(25)32-19-21-11-6-3-7-12-21)26-23-18-30(16-15-24(23)28-29-26)17-20-9-4-2-5-10-20/h2-14H,15-19H2,1H3,(H,28,29). The summed E-state index contributed by atoms with van der Waals surface area (Å²) >= 11 is 0. The van der Waals surface area contributed by atoms with Crippen LogP contribution in [0, 0.1) is 0 Å². The molecule has 1 aliphatic rings. The van der Waals surface area contributed by atoms with Gasteiger partial charge < -0.3 is 9.47 Å². The van der Waals surface area contributed by atoms with Gasteiger partial charge >= 0.3 is 0 Å². The molecule has 0 aliphatic carbocycles. The first-order valence-corrected chi connectivity index (χ1v) is 11.0. The predicted molar refractivity (Wildman–Crippen MR) is 126 cm³/mol. The Labute approximate surface area is 188 Å². The molecule has 5 rings (SSSR count). The Morgan fingerprint density at radius 1 is 0.906 bits per heavy atom. The lowest BCUT2D eigenvalue weighted by atomic mass is 9.99. The van der Waals surface area contributed by atoms with Crippen molar-refractivity contribution in [3.8, 4) is 22.8 Å². The molecule has 2 heterocycles. The molecule has 0 fully saturated rings. The highest BCUT2D eigenvalue weighted by Gasteiger charge is 2.25. The van der Waals surface area contributed by atoms with Gasteiger partial charge in [0.05, 0.1) is 7.11 Å². The molecule has 0 amide bonds. The minimum atomic E-state index is 0.473. The molecule has 0 atom stereocenters. The quantitative estimate of drug-likeness (QED) is 0.441. The summed E-state index contributed by atoms with van der Waals surface area (Å²) in [6.45, 7) is 3.27. The SMILES string of the molecule is COc1cccc(-c2n[nH]c3c2CN(Cc2ccccc2)CC3)c1OCc1ccccc1. The first kappa shape index (κ1) is 20.3. The number of aromatic amines is 1. The number of para-hydroxylation sites is 1. The average molecular weight is 426 g/mol. The van der Waals surface area contributed by atoms with E-state index in [0.29, 0.717) is 12.4 Å². The number of aromatic nitrogens is 2. The molecule has 1 aromatic heterocycles. The van der Waals surface area contributed by atoms with E-state index < -0.39 is 0 Å². The van der Waals surface area contributed by atoms with Crippen molar-refractivity contribution >= 4 is 0 Å². The van der Waals surface area contributed by atoms with Gasteiger partial charge in [-0.15, -0.1) is 0 Å². The van der Waals surface area contributed by atoms with Crippen LogP contribution in [0.5, 0.6) is 11.5 Å². The summed E-state index contributed by atoms with van der Waals surface area (Å²) in [6, 6.07) is 26.8. The Morgan fingerprint density at radius 2 is 1.66 bits per heavy atom. The maximum atomic E-state index is 6.29. The Balaban J connectivity index is 1.44. The molecule has 0 radical (unpaired) electrons. The van der Waals surface area contributed by atoms with Crippen molar-refractivity contribution in [2.75, 3.05) is 13.7 Å². The third kappa shape index (κ3) is 4.25. The average Bonchev–Trinajstić information content (AvgIpc) is 3.27. The zero-order valence-electron chi connectivity index (χ0n) is 18.3. The van der Waals surface area contributed by atoms with Gasteiger partial charge in [0.25, 0.3) is 0 Å². The molecule has 5 nitrogen and oxygen atoms in total. The lowest BCUT2D eigenvalue weighted by Gasteiger charge is -2.27. The van der Waals surface area contributed by atoms with Crippen LogP contribution < -0.4 is 9.47 Å². The van der Waals surface area contributed by atoms with Gasteiger partial charge in [0.1, 0.15) is 12.3 Å². The number of H-pyrrole nitrogens is 1. The fourth-order valence-electron chi connectivity index (χ4n) is 4.29. The number of nitrogens with one attached hydrogen (secondary N) is 1. The van der Waals surface area contributed by atoms with Crippen molar-refractivity contribution in [3.05, 3.63) is 101 Å². The molecule has 1 aliphatic heterocycles. The van der Waals surface area contributed by atoms with Gasteiger partial charge in [-0.05, 0) is 23.3 Å². The second-order valence-electron chi connectivity index (χ2n) is 8.09. The summed E-state index contributed by atoms with van der Waals surface area (Å²) in [4.78, 5) is 2.47. The molecule has 0 bridgehead atoms. The van der Waals surface area contributed by atoms with Gasteiger partial charge in [-0.2, -0.15) is 5.10 Å². The molecule has 0 unspecified atom stereocenters. The number of fused-ring (bicyclic) bond motifs is 1. The monoisotopic (exact) mass is 425 g/mol. The summed E-state index contributed by atoms with van der Waals surface area (Å²) in [5, 5.41) is 7.99. The third-order valence-electron chi connectivity index (χ3n) is 5.94. The molecule has 0 spiro atoms. The minimum Gasteiger partial charge on any atom is -0.493 e. The molecule has 3 aromatic carbocycles. The summed E-state index contributed by atoms with van der Waals surface area (Å²) in [6.07, 6.45) is 0.958. The summed E-state index contributed by atoms with van der Waals surface area (Å²) in [5.41, 5.74) is 6.79. The number of ether oxygens (including phenoxy) is 2. The van der Waals surface area contributed by atoms with Crippen LogP contribution in [-0.4, -0.2) is 28.8 Å². The van der Waals surface area contributed by atoms with Crippen LogP contribution in [0.2, 0.25) is 0 Å². The predicted octanol–water partition coefficient (Wildman–Crippen LogP) is 5.22. The first-order valence-electron chi connectivity index (χ1n) is 11.0. The van der Waals surface area contributed by atoms with Crippen LogP contribution in [0.1, 0.15) is 22.4 Å². The van der Waals surface area contributed by atoms with Crippen molar-refractivity contribution in [2.24, 2.45) is 0 Å². The molecule has 0 saturated carbocycles. The van der Waals surface area contributed by atoms with Gasteiger partial charge in [0.15, 0.2) is 11.5 Å². The zero-order chi connectivity index (χ0) is 21.8. The lowest BCUT2D eigenvalue weighted by molar-refractivity contribution is 0.245. The van der Waals surface area contributed by atoms with Crippen molar-refractivity contribution < 1.29 is 9.47 Å². The number of benzene rings is 3. The summed E-state index contributed by atoms with van der Waals surface area (Å²) in [7, 11) is 1.68. The van der Waals surface area contributed by atoms with E-state index in [2.05, 4.69) is 58.5 Å². The first-order chi connectivity index (χ1) is 15.8.